The van der Waals surface area contributed by atoms with Crippen LogP contribution in [0.2, 0.25) is 0 Å². The van der Waals surface area contributed by atoms with Gasteiger partial charge in [0.05, 0.1) is 20.8 Å². The van der Waals surface area contributed by atoms with Gasteiger partial charge in [0.15, 0.2) is 5.96 Å². The normalized spacial score (nSPS) is 11.1. The Labute approximate surface area is 148 Å². The van der Waals surface area contributed by atoms with Crippen molar-refractivity contribution in [3.63, 3.8) is 0 Å². The van der Waals surface area contributed by atoms with E-state index in [1.54, 1.807) is 20.3 Å². The van der Waals surface area contributed by atoms with Crippen molar-refractivity contribution in [3.05, 3.63) is 48.0 Å². The number of guanidine groups is 1. The zero-order valence-electron chi connectivity index (χ0n) is 14.9. The zero-order valence-corrected chi connectivity index (χ0v) is 14.9. The molecule has 6 nitrogen and oxygen atoms in total. The number of nitrogens with one attached hydrogen (secondary N) is 1. The van der Waals surface area contributed by atoms with E-state index in [-0.39, 0.29) is 0 Å². The second kappa shape index (κ2) is 9.42. The van der Waals surface area contributed by atoms with E-state index in [9.17, 15) is 0 Å². The Morgan fingerprint density at radius 1 is 1.04 bits per heavy atom. The first-order valence-corrected chi connectivity index (χ1v) is 8.10. The van der Waals surface area contributed by atoms with Gasteiger partial charge in [-0.05, 0) is 24.6 Å². The van der Waals surface area contributed by atoms with E-state index >= 15 is 0 Å². The van der Waals surface area contributed by atoms with Gasteiger partial charge in [-0.3, -0.25) is 4.99 Å². The number of rotatable bonds is 8. The molecule has 0 aliphatic heterocycles. The SMILES string of the molecule is COc1cc(OC)cc(OCCCN=C(N)Nc2cccc(C)c2)c1. The molecule has 0 heterocycles. The van der Waals surface area contributed by atoms with Crippen LogP contribution in [-0.2, 0) is 0 Å². The van der Waals surface area contributed by atoms with Crippen LogP contribution in [0.1, 0.15) is 12.0 Å². The summed E-state index contributed by atoms with van der Waals surface area (Å²) >= 11 is 0. The third kappa shape index (κ3) is 6.25. The summed E-state index contributed by atoms with van der Waals surface area (Å²) in [7, 11) is 3.22. The predicted octanol–water partition coefficient (Wildman–Crippen LogP) is 3.21. The number of ether oxygens (including phenoxy) is 3. The number of nitrogens with two attached hydrogens (primary N) is 1. The fraction of sp³-hybridized carbons (Fsp3) is 0.316. The third-order valence-corrected chi connectivity index (χ3v) is 3.47. The molecule has 0 atom stereocenters. The van der Waals surface area contributed by atoms with Gasteiger partial charge in [0.2, 0.25) is 0 Å². The van der Waals surface area contributed by atoms with Gasteiger partial charge < -0.3 is 25.3 Å². The molecule has 134 valence electrons. The van der Waals surface area contributed by atoms with Gasteiger partial charge in [0.1, 0.15) is 17.2 Å². The Bertz CT molecular complexity index is 695. The fourth-order valence-corrected chi connectivity index (χ4v) is 2.23. The van der Waals surface area contributed by atoms with Crippen molar-refractivity contribution in [2.45, 2.75) is 13.3 Å². The van der Waals surface area contributed by atoms with E-state index in [4.69, 9.17) is 19.9 Å². The van der Waals surface area contributed by atoms with E-state index in [0.29, 0.717) is 36.4 Å². The molecule has 0 saturated carbocycles. The lowest BCUT2D eigenvalue weighted by atomic mass is 10.2. The van der Waals surface area contributed by atoms with Crippen LogP contribution < -0.4 is 25.3 Å². The predicted molar refractivity (Wildman–Crippen MR) is 101 cm³/mol. The van der Waals surface area contributed by atoms with Crippen LogP contribution in [0.5, 0.6) is 17.2 Å². The molecule has 0 bridgehead atoms. The lowest BCUT2D eigenvalue weighted by molar-refractivity contribution is 0.307. The van der Waals surface area contributed by atoms with Gasteiger partial charge in [-0.1, -0.05) is 12.1 Å². The van der Waals surface area contributed by atoms with Crippen molar-refractivity contribution in [2.75, 3.05) is 32.7 Å². The monoisotopic (exact) mass is 343 g/mol. The molecule has 3 N–H and O–H groups in total. The van der Waals surface area contributed by atoms with Crippen LogP contribution in [0.25, 0.3) is 0 Å². The average Bonchev–Trinajstić information content (AvgIpc) is 2.61. The van der Waals surface area contributed by atoms with Gasteiger partial charge in [0, 0.05) is 36.9 Å². The van der Waals surface area contributed by atoms with E-state index in [1.807, 2.05) is 43.3 Å². The van der Waals surface area contributed by atoms with Crippen LogP contribution in [0.3, 0.4) is 0 Å². The number of benzene rings is 2. The summed E-state index contributed by atoms with van der Waals surface area (Å²) < 4.78 is 16.1. The zero-order chi connectivity index (χ0) is 18.1. The maximum Gasteiger partial charge on any atom is 0.193 e. The fourth-order valence-electron chi connectivity index (χ4n) is 2.23. The van der Waals surface area contributed by atoms with Crippen molar-refractivity contribution in [2.24, 2.45) is 10.7 Å². The van der Waals surface area contributed by atoms with Gasteiger partial charge in [-0.2, -0.15) is 0 Å². The van der Waals surface area contributed by atoms with E-state index in [1.165, 1.54) is 5.56 Å². The van der Waals surface area contributed by atoms with Crippen LogP contribution in [-0.4, -0.2) is 33.3 Å². The van der Waals surface area contributed by atoms with Crippen LogP contribution in [0.15, 0.2) is 47.5 Å². The molecule has 0 amide bonds. The Hall–Kier alpha value is -2.89. The number of aryl methyl sites for hydroxylation is 1. The van der Waals surface area contributed by atoms with Crippen molar-refractivity contribution in [1.29, 1.82) is 0 Å². The minimum atomic E-state index is 0.397. The maximum absolute atomic E-state index is 5.89. The number of hydrogen-bond donors (Lipinski definition) is 2. The highest BCUT2D eigenvalue weighted by Crippen LogP contribution is 2.27. The minimum absolute atomic E-state index is 0.397. The van der Waals surface area contributed by atoms with Crippen molar-refractivity contribution in [3.8, 4) is 17.2 Å². The molecular formula is C19H25N3O3. The van der Waals surface area contributed by atoms with Gasteiger partial charge in [0.25, 0.3) is 0 Å². The first-order chi connectivity index (χ1) is 12.1. The largest absolute Gasteiger partial charge is 0.496 e. The Morgan fingerprint density at radius 3 is 2.36 bits per heavy atom. The minimum Gasteiger partial charge on any atom is -0.496 e. The number of anilines is 1. The molecule has 2 aromatic carbocycles. The van der Waals surface area contributed by atoms with Crippen molar-refractivity contribution in [1.82, 2.24) is 0 Å². The number of aliphatic imine (C=N–C) groups is 1. The second-order valence-electron chi connectivity index (χ2n) is 5.51. The van der Waals surface area contributed by atoms with E-state index in [0.717, 1.165) is 12.1 Å². The smallest absolute Gasteiger partial charge is 0.193 e. The lowest BCUT2D eigenvalue weighted by Gasteiger charge is -2.10. The standard InChI is InChI=1S/C19H25N3O3/c1-14-6-4-7-15(10-14)22-19(20)21-8-5-9-25-18-12-16(23-2)11-17(13-18)24-3/h4,6-7,10-13H,5,8-9H2,1-3H3,(H3,20,21,22). The molecule has 2 rings (SSSR count). The Morgan fingerprint density at radius 2 is 1.72 bits per heavy atom. The van der Waals surface area contributed by atoms with E-state index in [2.05, 4.69) is 10.3 Å². The molecule has 25 heavy (non-hydrogen) atoms. The number of nitrogens with zero attached hydrogens (tertiary/aromatic N) is 1. The van der Waals surface area contributed by atoms with Crippen LogP contribution in [0, 0.1) is 6.92 Å². The second-order valence-corrected chi connectivity index (χ2v) is 5.51. The van der Waals surface area contributed by atoms with E-state index < -0.39 is 0 Å². The van der Waals surface area contributed by atoms with Gasteiger partial charge in [-0.15, -0.1) is 0 Å². The summed E-state index contributed by atoms with van der Waals surface area (Å²) in [5.74, 6) is 2.48. The molecule has 0 aromatic heterocycles. The third-order valence-electron chi connectivity index (χ3n) is 3.47. The van der Waals surface area contributed by atoms with Gasteiger partial charge >= 0.3 is 0 Å². The summed E-state index contributed by atoms with van der Waals surface area (Å²) in [5, 5.41) is 3.08. The molecule has 0 radical (unpaired) electrons. The summed E-state index contributed by atoms with van der Waals surface area (Å²) in [6, 6.07) is 13.4. The molecule has 2 aromatic rings. The lowest BCUT2D eigenvalue weighted by Crippen LogP contribution is -2.23. The Balaban J connectivity index is 1.77. The summed E-state index contributed by atoms with van der Waals surface area (Å²) in [6.07, 6.45) is 0.746. The summed E-state index contributed by atoms with van der Waals surface area (Å²) in [4.78, 5) is 4.30. The molecular weight excluding hydrogens is 318 g/mol. The molecule has 0 spiro atoms. The van der Waals surface area contributed by atoms with Gasteiger partial charge in [-0.25, -0.2) is 0 Å². The van der Waals surface area contributed by atoms with Crippen LogP contribution >= 0.6 is 0 Å². The summed E-state index contributed by atoms with van der Waals surface area (Å²) in [6.45, 7) is 3.13. The molecule has 0 aliphatic carbocycles. The molecule has 0 aliphatic rings. The maximum atomic E-state index is 5.89. The highest BCUT2D eigenvalue weighted by atomic mass is 16.5. The highest BCUT2D eigenvalue weighted by Gasteiger charge is 2.02. The first-order valence-electron chi connectivity index (χ1n) is 8.10. The number of hydrogen-bond acceptors (Lipinski definition) is 4. The molecule has 0 fully saturated rings. The first kappa shape index (κ1) is 18.4. The van der Waals surface area contributed by atoms with Crippen LogP contribution in [0.4, 0.5) is 5.69 Å². The molecule has 6 heteroatoms. The van der Waals surface area contributed by atoms with Crippen molar-refractivity contribution < 1.29 is 14.2 Å². The molecule has 0 saturated heterocycles. The highest BCUT2D eigenvalue weighted by molar-refractivity contribution is 5.92. The molecule has 0 unspecified atom stereocenters. The quantitative estimate of drug-likeness (QED) is 0.437. The summed E-state index contributed by atoms with van der Waals surface area (Å²) in [5.41, 5.74) is 7.99. The average molecular weight is 343 g/mol. The van der Waals surface area contributed by atoms with Crippen molar-refractivity contribution >= 4 is 11.6 Å². The Kier molecular flexibility index (Phi) is 6.95. The topological polar surface area (TPSA) is 78.1 Å². The number of methoxy groups -OCH3 is 2.